The van der Waals surface area contributed by atoms with Crippen molar-refractivity contribution in [2.75, 3.05) is 30.0 Å². The average molecular weight is 364 g/mol. The van der Waals surface area contributed by atoms with Gasteiger partial charge in [0.1, 0.15) is 0 Å². The standard InChI is InChI=1S/C18H24N2O4S/c1-12-4-5-13(2)16(8-12)20-10-14(9-17(20)21)18(22)19(3)15-6-7-25(23,24)11-15/h4-5,8,14-15H,6-7,9-11H2,1-3H3. The third kappa shape index (κ3) is 3.56. The van der Waals surface area contributed by atoms with E-state index < -0.39 is 15.8 Å². The number of carbonyl (C=O) groups excluding carboxylic acids is 2. The zero-order chi connectivity index (χ0) is 18.4. The van der Waals surface area contributed by atoms with E-state index in [0.717, 1.165) is 16.8 Å². The minimum Gasteiger partial charge on any atom is -0.341 e. The minimum atomic E-state index is -3.04. The summed E-state index contributed by atoms with van der Waals surface area (Å²) >= 11 is 0. The van der Waals surface area contributed by atoms with E-state index in [1.807, 2.05) is 32.0 Å². The van der Waals surface area contributed by atoms with Gasteiger partial charge >= 0.3 is 0 Å². The lowest BCUT2D eigenvalue weighted by Gasteiger charge is -2.26. The largest absolute Gasteiger partial charge is 0.341 e. The average Bonchev–Trinajstić information content (AvgIpc) is 3.11. The van der Waals surface area contributed by atoms with Crippen LogP contribution in [0, 0.1) is 19.8 Å². The van der Waals surface area contributed by atoms with E-state index in [1.165, 1.54) is 4.90 Å². The summed E-state index contributed by atoms with van der Waals surface area (Å²) in [6.45, 7) is 4.28. The van der Waals surface area contributed by atoms with Gasteiger partial charge in [-0.15, -0.1) is 0 Å². The number of sulfone groups is 1. The number of aryl methyl sites for hydroxylation is 2. The molecule has 1 aromatic rings. The lowest BCUT2D eigenvalue weighted by Crippen LogP contribution is -2.42. The number of carbonyl (C=O) groups is 2. The van der Waals surface area contributed by atoms with Crippen LogP contribution in [0.3, 0.4) is 0 Å². The van der Waals surface area contributed by atoms with Crippen LogP contribution in [0.4, 0.5) is 5.69 Å². The van der Waals surface area contributed by atoms with Gasteiger partial charge in [0, 0.05) is 31.7 Å². The lowest BCUT2D eigenvalue weighted by atomic mass is 10.1. The topological polar surface area (TPSA) is 74.8 Å². The van der Waals surface area contributed by atoms with E-state index in [2.05, 4.69) is 0 Å². The lowest BCUT2D eigenvalue weighted by molar-refractivity contribution is -0.136. The molecular weight excluding hydrogens is 340 g/mol. The van der Waals surface area contributed by atoms with Crippen molar-refractivity contribution in [2.24, 2.45) is 5.92 Å². The number of benzene rings is 1. The highest BCUT2D eigenvalue weighted by molar-refractivity contribution is 7.91. The van der Waals surface area contributed by atoms with E-state index in [0.29, 0.717) is 13.0 Å². The molecule has 3 rings (SSSR count). The molecule has 0 saturated carbocycles. The second-order valence-electron chi connectivity index (χ2n) is 7.20. The molecule has 25 heavy (non-hydrogen) atoms. The summed E-state index contributed by atoms with van der Waals surface area (Å²) in [6, 6.07) is 5.66. The Kier molecular flexibility index (Phi) is 4.62. The molecule has 0 N–H and O–H groups in total. The maximum Gasteiger partial charge on any atom is 0.228 e. The fourth-order valence-corrected chi connectivity index (χ4v) is 5.44. The second kappa shape index (κ2) is 6.44. The Morgan fingerprint density at radius 1 is 1.28 bits per heavy atom. The molecule has 1 aromatic carbocycles. The second-order valence-corrected chi connectivity index (χ2v) is 9.43. The number of rotatable bonds is 3. The van der Waals surface area contributed by atoms with Crippen molar-refractivity contribution in [3.05, 3.63) is 29.3 Å². The van der Waals surface area contributed by atoms with Crippen molar-refractivity contribution in [3.63, 3.8) is 0 Å². The highest BCUT2D eigenvalue weighted by Gasteiger charge is 2.40. The first-order valence-corrected chi connectivity index (χ1v) is 10.3. The summed E-state index contributed by atoms with van der Waals surface area (Å²) in [4.78, 5) is 28.5. The van der Waals surface area contributed by atoms with Crippen LogP contribution < -0.4 is 4.90 Å². The molecule has 2 unspecified atom stereocenters. The van der Waals surface area contributed by atoms with Gasteiger partial charge < -0.3 is 9.80 Å². The van der Waals surface area contributed by atoms with Crippen molar-refractivity contribution in [3.8, 4) is 0 Å². The molecular formula is C18H24N2O4S. The van der Waals surface area contributed by atoms with E-state index in [9.17, 15) is 18.0 Å². The predicted octanol–water partition coefficient (Wildman–Crippen LogP) is 1.30. The smallest absolute Gasteiger partial charge is 0.228 e. The first-order valence-electron chi connectivity index (χ1n) is 8.52. The third-order valence-corrected chi connectivity index (χ3v) is 6.98. The quantitative estimate of drug-likeness (QED) is 0.810. The Labute approximate surface area is 148 Å². The Bertz CT molecular complexity index is 818. The van der Waals surface area contributed by atoms with E-state index >= 15 is 0 Å². The first kappa shape index (κ1) is 17.9. The normalized spacial score (nSPS) is 25.4. The van der Waals surface area contributed by atoms with Gasteiger partial charge in [0.05, 0.1) is 17.4 Å². The van der Waals surface area contributed by atoms with Gasteiger partial charge in [0.15, 0.2) is 9.84 Å². The van der Waals surface area contributed by atoms with Crippen LogP contribution in [0.5, 0.6) is 0 Å². The zero-order valence-corrected chi connectivity index (χ0v) is 15.7. The molecule has 0 bridgehead atoms. The molecule has 2 aliphatic heterocycles. The molecule has 2 heterocycles. The zero-order valence-electron chi connectivity index (χ0n) is 14.9. The number of anilines is 1. The van der Waals surface area contributed by atoms with Crippen molar-refractivity contribution in [1.82, 2.24) is 4.90 Å². The highest BCUT2D eigenvalue weighted by atomic mass is 32.2. The maximum atomic E-state index is 12.8. The minimum absolute atomic E-state index is 0.0244. The van der Waals surface area contributed by atoms with E-state index in [4.69, 9.17) is 0 Å². The number of nitrogens with zero attached hydrogens (tertiary/aromatic N) is 2. The van der Waals surface area contributed by atoms with Gasteiger partial charge in [-0.2, -0.15) is 0 Å². The fraction of sp³-hybridized carbons (Fsp3) is 0.556. The summed E-state index contributed by atoms with van der Waals surface area (Å²) in [5, 5.41) is 0. The highest BCUT2D eigenvalue weighted by Crippen LogP contribution is 2.30. The molecule has 136 valence electrons. The van der Waals surface area contributed by atoms with Crippen molar-refractivity contribution < 1.29 is 18.0 Å². The fourth-order valence-electron chi connectivity index (χ4n) is 3.66. The molecule has 2 fully saturated rings. The number of amides is 2. The van der Waals surface area contributed by atoms with Crippen molar-refractivity contribution >= 4 is 27.3 Å². The van der Waals surface area contributed by atoms with Gasteiger partial charge in [0.25, 0.3) is 0 Å². The Hall–Kier alpha value is -1.89. The summed E-state index contributed by atoms with van der Waals surface area (Å²) in [5.74, 6) is -0.451. The SMILES string of the molecule is Cc1ccc(C)c(N2CC(C(=O)N(C)C3CCS(=O)(=O)C3)CC2=O)c1. The van der Waals surface area contributed by atoms with Gasteiger partial charge in [0.2, 0.25) is 11.8 Å². The predicted molar refractivity (Wildman–Crippen MR) is 96.2 cm³/mol. The van der Waals surface area contributed by atoms with E-state index in [1.54, 1.807) is 11.9 Å². The maximum absolute atomic E-state index is 12.8. The molecule has 6 nitrogen and oxygen atoms in total. The first-order chi connectivity index (χ1) is 11.7. The third-order valence-electron chi connectivity index (χ3n) is 5.23. The molecule has 0 aromatic heterocycles. The van der Waals surface area contributed by atoms with Crippen LogP contribution in [-0.4, -0.2) is 56.3 Å². The summed E-state index contributed by atoms with van der Waals surface area (Å²) in [7, 11) is -1.39. The van der Waals surface area contributed by atoms with E-state index in [-0.39, 0.29) is 35.8 Å². The molecule has 7 heteroatoms. The molecule has 0 aliphatic carbocycles. The van der Waals surface area contributed by atoms with Gasteiger partial charge in [-0.05, 0) is 37.5 Å². The molecule has 2 amide bonds. The van der Waals surface area contributed by atoms with Crippen LogP contribution in [0.2, 0.25) is 0 Å². The van der Waals surface area contributed by atoms with Crippen molar-refractivity contribution in [1.29, 1.82) is 0 Å². The monoisotopic (exact) mass is 364 g/mol. The van der Waals surface area contributed by atoms with Crippen LogP contribution >= 0.6 is 0 Å². The van der Waals surface area contributed by atoms with Gasteiger partial charge in [-0.25, -0.2) is 8.42 Å². The molecule has 0 radical (unpaired) electrons. The van der Waals surface area contributed by atoms with Crippen LogP contribution in [0.1, 0.15) is 24.0 Å². The van der Waals surface area contributed by atoms with Crippen LogP contribution in [-0.2, 0) is 19.4 Å². The Morgan fingerprint density at radius 3 is 2.64 bits per heavy atom. The molecule has 2 saturated heterocycles. The molecule has 0 spiro atoms. The Balaban J connectivity index is 1.74. The van der Waals surface area contributed by atoms with Crippen LogP contribution in [0.15, 0.2) is 18.2 Å². The van der Waals surface area contributed by atoms with Crippen LogP contribution in [0.25, 0.3) is 0 Å². The van der Waals surface area contributed by atoms with Crippen molar-refractivity contribution in [2.45, 2.75) is 32.7 Å². The van der Waals surface area contributed by atoms with Gasteiger partial charge in [-0.3, -0.25) is 9.59 Å². The summed E-state index contributed by atoms with van der Waals surface area (Å²) in [6.07, 6.45) is 0.655. The van der Waals surface area contributed by atoms with Gasteiger partial charge in [-0.1, -0.05) is 12.1 Å². The summed E-state index contributed by atoms with van der Waals surface area (Å²) < 4.78 is 23.3. The molecule has 2 aliphatic rings. The summed E-state index contributed by atoms with van der Waals surface area (Å²) in [5.41, 5.74) is 2.92. The molecule has 2 atom stereocenters. The number of hydrogen-bond donors (Lipinski definition) is 0. The number of hydrogen-bond acceptors (Lipinski definition) is 4. The Morgan fingerprint density at radius 2 is 2.00 bits per heavy atom.